The monoisotopic (exact) mass is 401 g/mol. The minimum Gasteiger partial charge on any atom is -0.376 e. The first-order chi connectivity index (χ1) is 13.6. The number of thioether (sulfide) groups is 1. The third-order valence-electron chi connectivity index (χ3n) is 5.59. The molecule has 0 radical (unpaired) electrons. The van der Waals surface area contributed by atoms with E-state index in [2.05, 4.69) is 5.32 Å². The molecule has 0 unspecified atom stereocenters. The SMILES string of the molecule is C[C@@H](Sc1nc2ccccc2c(=O)n1C[C@H]1CCCO1)C(=O)NC1CCCC1. The Bertz CT molecular complexity index is 901. The van der Waals surface area contributed by atoms with Gasteiger partial charge in [-0.15, -0.1) is 0 Å². The summed E-state index contributed by atoms with van der Waals surface area (Å²) >= 11 is 1.36. The molecule has 1 aromatic carbocycles. The van der Waals surface area contributed by atoms with E-state index in [1.54, 1.807) is 10.6 Å². The van der Waals surface area contributed by atoms with Gasteiger partial charge in [-0.05, 0) is 44.7 Å². The Labute approximate surface area is 169 Å². The van der Waals surface area contributed by atoms with Crippen LogP contribution in [0.15, 0.2) is 34.2 Å². The third-order valence-corrected chi connectivity index (χ3v) is 6.68. The number of rotatable bonds is 6. The van der Waals surface area contributed by atoms with Crippen molar-refractivity contribution in [2.75, 3.05) is 6.61 Å². The molecule has 1 aromatic heterocycles. The van der Waals surface area contributed by atoms with Gasteiger partial charge in [0.15, 0.2) is 5.16 Å². The molecule has 1 aliphatic carbocycles. The second kappa shape index (κ2) is 8.66. The molecule has 2 atom stereocenters. The van der Waals surface area contributed by atoms with Crippen LogP contribution in [0.25, 0.3) is 10.9 Å². The number of aromatic nitrogens is 2. The zero-order valence-electron chi connectivity index (χ0n) is 16.2. The Kier molecular flexibility index (Phi) is 6.01. The highest BCUT2D eigenvalue weighted by Crippen LogP contribution is 2.25. The molecule has 1 amide bonds. The number of hydrogen-bond donors (Lipinski definition) is 1. The predicted molar refractivity (Wildman–Crippen MR) is 111 cm³/mol. The summed E-state index contributed by atoms with van der Waals surface area (Å²) in [5.41, 5.74) is 0.606. The van der Waals surface area contributed by atoms with Crippen LogP contribution in [0.4, 0.5) is 0 Å². The highest BCUT2D eigenvalue weighted by Gasteiger charge is 2.25. The van der Waals surface area contributed by atoms with Gasteiger partial charge >= 0.3 is 0 Å². The third kappa shape index (κ3) is 4.25. The van der Waals surface area contributed by atoms with Crippen molar-refractivity contribution in [2.24, 2.45) is 0 Å². The zero-order valence-corrected chi connectivity index (χ0v) is 17.0. The maximum absolute atomic E-state index is 13.1. The number of fused-ring (bicyclic) bond motifs is 1. The average molecular weight is 402 g/mol. The fourth-order valence-electron chi connectivity index (χ4n) is 3.99. The van der Waals surface area contributed by atoms with Crippen molar-refractivity contribution in [3.05, 3.63) is 34.6 Å². The lowest BCUT2D eigenvalue weighted by Crippen LogP contribution is -2.38. The van der Waals surface area contributed by atoms with Crippen LogP contribution in [0.2, 0.25) is 0 Å². The van der Waals surface area contributed by atoms with Crippen molar-refractivity contribution in [3.8, 4) is 0 Å². The molecule has 2 heterocycles. The summed E-state index contributed by atoms with van der Waals surface area (Å²) in [7, 11) is 0. The zero-order chi connectivity index (χ0) is 19.5. The quantitative estimate of drug-likeness (QED) is 0.595. The highest BCUT2D eigenvalue weighted by molar-refractivity contribution is 8.00. The fourth-order valence-corrected chi connectivity index (χ4v) is 4.92. The molecular weight excluding hydrogens is 374 g/mol. The lowest BCUT2D eigenvalue weighted by atomic mass is 10.2. The Morgan fingerprint density at radius 3 is 2.82 bits per heavy atom. The van der Waals surface area contributed by atoms with Crippen LogP contribution in [0.3, 0.4) is 0 Å². The number of amides is 1. The van der Waals surface area contributed by atoms with E-state index in [-0.39, 0.29) is 28.9 Å². The number of nitrogens with zero attached hydrogens (tertiary/aromatic N) is 2. The molecule has 2 fully saturated rings. The number of nitrogens with one attached hydrogen (secondary N) is 1. The van der Waals surface area contributed by atoms with Gasteiger partial charge in [-0.1, -0.05) is 36.7 Å². The van der Waals surface area contributed by atoms with E-state index in [0.717, 1.165) is 32.3 Å². The molecule has 2 aromatic rings. The molecule has 1 N–H and O–H groups in total. The number of ether oxygens (including phenoxy) is 1. The second-order valence-electron chi connectivity index (χ2n) is 7.71. The summed E-state index contributed by atoms with van der Waals surface area (Å²) in [5, 5.41) is 4.02. The summed E-state index contributed by atoms with van der Waals surface area (Å²) in [6.07, 6.45) is 6.47. The first kappa shape index (κ1) is 19.5. The summed E-state index contributed by atoms with van der Waals surface area (Å²) in [6, 6.07) is 7.67. The van der Waals surface area contributed by atoms with E-state index in [9.17, 15) is 9.59 Å². The standard InChI is InChI=1S/C21H27N3O3S/c1-14(19(25)22-15-7-2-3-8-15)28-21-23-18-11-5-4-10-17(18)20(26)24(21)13-16-9-6-12-27-16/h4-5,10-11,14-16H,2-3,6-9,12-13H2,1H3,(H,22,25)/t14-,16-/m1/s1. The van der Waals surface area contributed by atoms with Crippen molar-refractivity contribution in [3.63, 3.8) is 0 Å². The van der Waals surface area contributed by atoms with Crippen LogP contribution < -0.4 is 10.9 Å². The second-order valence-corrected chi connectivity index (χ2v) is 9.02. The number of carbonyl (C=O) groups excluding carboxylic acids is 1. The first-order valence-electron chi connectivity index (χ1n) is 10.2. The summed E-state index contributed by atoms with van der Waals surface area (Å²) in [6.45, 7) is 3.10. The van der Waals surface area contributed by atoms with Gasteiger partial charge in [-0.2, -0.15) is 0 Å². The molecule has 7 heteroatoms. The van der Waals surface area contributed by atoms with E-state index < -0.39 is 0 Å². The molecule has 6 nitrogen and oxygen atoms in total. The van der Waals surface area contributed by atoms with Gasteiger partial charge in [0, 0.05) is 12.6 Å². The highest BCUT2D eigenvalue weighted by atomic mass is 32.2. The van der Waals surface area contributed by atoms with Gasteiger partial charge in [-0.25, -0.2) is 4.98 Å². The maximum Gasteiger partial charge on any atom is 0.262 e. The normalized spacial score (nSPS) is 21.2. The minimum atomic E-state index is -0.315. The Morgan fingerprint density at radius 2 is 2.07 bits per heavy atom. The van der Waals surface area contributed by atoms with Crippen LogP contribution in [0, 0.1) is 0 Å². The molecule has 1 saturated heterocycles. The lowest BCUT2D eigenvalue weighted by molar-refractivity contribution is -0.120. The van der Waals surface area contributed by atoms with Gasteiger partial charge in [0.2, 0.25) is 5.91 Å². The lowest BCUT2D eigenvalue weighted by Gasteiger charge is -2.19. The molecule has 2 aliphatic rings. The number of benzene rings is 1. The van der Waals surface area contributed by atoms with E-state index >= 15 is 0 Å². The number of carbonyl (C=O) groups is 1. The average Bonchev–Trinajstić information content (AvgIpc) is 3.39. The topological polar surface area (TPSA) is 73.2 Å². The smallest absolute Gasteiger partial charge is 0.262 e. The minimum absolute atomic E-state index is 0.0166. The van der Waals surface area contributed by atoms with Crippen LogP contribution in [-0.4, -0.2) is 39.5 Å². The van der Waals surface area contributed by atoms with E-state index in [1.165, 1.54) is 24.6 Å². The molecule has 1 aliphatic heterocycles. The largest absolute Gasteiger partial charge is 0.376 e. The Hall–Kier alpha value is -1.86. The molecule has 0 bridgehead atoms. The molecule has 28 heavy (non-hydrogen) atoms. The summed E-state index contributed by atoms with van der Waals surface area (Å²) in [5.74, 6) is 0.0166. The van der Waals surface area contributed by atoms with Crippen molar-refractivity contribution in [2.45, 2.75) is 74.5 Å². The van der Waals surface area contributed by atoms with Gasteiger partial charge in [0.05, 0.1) is 28.8 Å². The maximum atomic E-state index is 13.1. The van der Waals surface area contributed by atoms with Crippen molar-refractivity contribution >= 4 is 28.6 Å². The van der Waals surface area contributed by atoms with Gasteiger partial charge < -0.3 is 10.1 Å². The Balaban J connectivity index is 1.60. The molecule has 4 rings (SSSR count). The molecule has 1 saturated carbocycles. The van der Waals surface area contributed by atoms with Crippen LogP contribution in [0.1, 0.15) is 45.4 Å². The molecular formula is C21H27N3O3S. The van der Waals surface area contributed by atoms with Crippen LogP contribution in [0.5, 0.6) is 0 Å². The summed E-state index contributed by atoms with van der Waals surface area (Å²) in [4.78, 5) is 30.5. The molecule has 0 spiro atoms. The summed E-state index contributed by atoms with van der Waals surface area (Å²) < 4.78 is 7.44. The number of hydrogen-bond acceptors (Lipinski definition) is 5. The fraction of sp³-hybridized carbons (Fsp3) is 0.571. The van der Waals surface area contributed by atoms with Crippen LogP contribution in [-0.2, 0) is 16.1 Å². The van der Waals surface area contributed by atoms with Crippen molar-refractivity contribution in [1.29, 1.82) is 0 Å². The van der Waals surface area contributed by atoms with Gasteiger partial charge in [0.1, 0.15) is 0 Å². The Morgan fingerprint density at radius 1 is 1.29 bits per heavy atom. The van der Waals surface area contributed by atoms with E-state index in [4.69, 9.17) is 9.72 Å². The molecule has 150 valence electrons. The first-order valence-corrected chi connectivity index (χ1v) is 11.1. The predicted octanol–water partition coefficient (Wildman–Crippen LogP) is 3.11. The van der Waals surface area contributed by atoms with Crippen molar-refractivity contribution < 1.29 is 9.53 Å². The van der Waals surface area contributed by atoms with E-state index in [1.807, 2.05) is 25.1 Å². The number of para-hydroxylation sites is 1. The van der Waals surface area contributed by atoms with Crippen molar-refractivity contribution in [1.82, 2.24) is 14.9 Å². The van der Waals surface area contributed by atoms with Crippen LogP contribution >= 0.6 is 11.8 Å². The van der Waals surface area contributed by atoms with Gasteiger partial charge in [-0.3, -0.25) is 14.2 Å². The van der Waals surface area contributed by atoms with Gasteiger partial charge in [0.25, 0.3) is 5.56 Å². The van der Waals surface area contributed by atoms with E-state index in [0.29, 0.717) is 22.6 Å².